The number of rotatable bonds is 24. The number of carboxylic acids is 2. The van der Waals surface area contributed by atoms with Crippen molar-refractivity contribution in [3.05, 3.63) is 71.8 Å². The molecule has 0 heterocycles. The smallest absolute Gasteiger partial charge is 0.326 e. The molecule has 0 aliphatic heterocycles. The summed E-state index contributed by atoms with van der Waals surface area (Å²) in [5.74, 6) is -5.47. The summed E-state index contributed by atoms with van der Waals surface area (Å²) in [6.07, 6.45) is 1.92. The standard InChI is InChI=1S/C35H51N7O8/c36-19-9-7-15-25(38)31(45)41-28(21-23-11-3-1-4-12-23)33(47)39-26(17-18-30(43)44)32(46)42-29(22-24-13-5-2-6-14-24)34(48)40-27(35(49)50)16-8-10-20-37/h1-6,11-14,25-29H,7-10,15-22,36-38H2,(H,39,47)(H,40,48)(H,41,45)(H,42,46)(H,43,44)(H,49,50)/t25-,26-,27-,28-,29-/m0/s1. The Kier molecular flexibility index (Phi) is 18.8. The quantitative estimate of drug-likeness (QED) is 0.0656. The van der Waals surface area contributed by atoms with Gasteiger partial charge in [0.2, 0.25) is 23.6 Å². The lowest BCUT2D eigenvalue weighted by molar-refractivity contribution is -0.142. The fraction of sp³-hybridized carbons (Fsp3) is 0.486. The average Bonchev–Trinajstić information content (AvgIpc) is 3.09. The zero-order chi connectivity index (χ0) is 36.9. The van der Waals surface area contributed by atoms with E-state index in [2.05, 4.69) is 21.3 Å². The maximum atomic E-state index is 13.7. The Balaban J connectivity index is 2.33. The number of nitrogens with one attached hydrogen (secondary N) is 4. The molecule has 0 bridgehead atoms. The van der Waals surface area contributed by atoms with Crippen molar-refractivity contribution in [1.82, 2.24) is 21.3 Å². The molecule has 0 saturated carbocycles. The maximum Gasteiger partial charge on any atom is 0.326 e. The molecule has 0 aliphatic rings. The van der Waals surface area contributed by atoms with Gasteiger partial charge in [0.05, 0.1) is 6.04 Å². The lowest BCUT2D eigenvalue weighted by atomic mass is 10.0. The summed E-state index contributed by atoms with van der Waals surface area (Å²) in [5, 5.41) is 29.4. The van der Waals surface area contributed by atoms with E-state index < -0.39 is 72.2 Å². The Morgan fingerprint density at radius 1 is 0.540 bits per heavy atom. The maximum absolute atomic E-state index is 13.7. The second-order valence-electron chi connectivity index (χ2n) is 12.1. The summed E-state index contributed by atoms with van der Waals surface area (Å²) in [7, 11) is 0. The number of unbranched alkanes of at least 4 members (excludes halogenated alkanes) is 2. The Labute approximate surface area is 292 Å². The van der Waals surface area contributed by atoms with Crippen LogP contribution in [-0.2, 0) is 41.6 Å². The fourth-order valence-electron chi connectivity index (χ4n) is 5.14. The van der Waals surface area contributed by atoms with Crippen LogP contribution in [0, 0.1) is 0 Å². The highest BCUT2D eigenvalue weighted by Crippen LogP contribution is 2.10. The van der Waals surface area contributed by atoms with Crippen LogP contribution in [0.1, 0.15) is 62.5 Å². The molecule has 274 valence electrons. The lowest BCUT2D eigenvalue weighted by Crippen LogP contribution is -2.59. The molecule has 0 saturated heterocycles. The van der Waals surface area contributed by atoms with Gasteiger partial charge >= 0.3 is 11.9 Å². The molecule has 2 aromatic rings. The summed E-state index contributed by atoms with van der Waals surface area (Å²) in [6, 6.07) is 11.5. The molecule has 2 aromatic carbocycles. The van der Waals surface area contributed by atoms with Crippen molar-refractivity contribution >= 4 is 35.6 Å². The molecular weight excluding hydrogens is 646 g/mol. The molecule has 0 unspecified atom stereocenters. The van der Waals surface area contributed by atoms with E-state index in [1.807, 2.05) is 0 Å². The number of carbonyl (C=O) groups excluding carboxylic acids is 4. The zero-order valence-electron chi connectivity index (χ0n) is 28.2. The molecule has 15 nitrogen and oxygen atoms in total. The second-order valence-corrected chi connectivity index (χ2v) is 12.1. The highest BCUT2D eigenvalue weighted by Gasteiger charge is 2.32. The van der Waals surface area contributed by atoms with Gasteiger partial charge in [-0.3, -0.25) is 24.0 Å². The summed E-state index contributed by atoms with van der Waals surface area (Å²) < 4.78 is 0. The van der Waals surface area contributed by atoms with Crippen LogP contribution in [0.2, 0.25) is 0 Å². The highest BCUT2D eigenvalue weighted by molar-refractivity contribution is 5.95. The molecule has 0 radical (unpaired) electrons. The number of amides is 4. The van der Waals surface area contributed by atoms with E-state index in [9.17, 15) is 39.0 Å². The predicted molar refractivity (Wildman–Crippen MR) is 186 cm³/mol. The van der Waals surface area contributed by atoms with Crippen LogP contribution in [0.25, 0.3) is 0 Å². The fourth-order valence-corrected chi connectivity index (χ4v) is 5.14. The second kappa shape index (κ2) is 22.7. The van der Waals surface area contributed by atoms with Crippen molar-refractivity contribution in [1.29, 1.82) is 0 Å². The van der Waals surface area contributed by atoms with E-state index in [1.165, 1.54) is 0 Å². The monoisotopic (exact) mass is 697 g/mol. The average molecular weight is 698 g/mol. The minimum atomic E-state index is -1.43. The number of hydrogen-bond acceptors (Lipinski definition) is 9. The van der Waals surface area contributed by atoms with Gasteiger partial charge in [0.1, 0.15) is 24.2 Å². The van der Waals surface area contributed by atoms with Crippen LogP contribution in [0.5, 0.6) is 0 Å². The van der Waals surface area contributed by atoms with Gasteiger partial charge < -0.3 is 48.7 Å². The predicted octanol–water partition coefficient (Wildman–Crippen LogP) is -0.0543. The van der Waals surface area contributed by atoms with E-state index in [1.54, 1.807) is 60.7 Å². The first kappa shape index (κ1) is 41.3. The third-order valence-corrected chi connectivity index (χ3v) is 7.98. The number of aliphatic carboxylic acids is 2. The summed E-state index contributed by atoms with van der Waals surface area (Å²) >= 11 is 0. The van der Waals surface area contributed by atoms with Gasteiger partial charge in [0, 0.05) is 19.3 Å². The minimum absolute atomic E-state index is 0.0259. The summed E-state index contributed by atoms with van der Waals surface area (Å²) in [4.78, 5) is 77.4. The normalized spacial score (nSPS) is 13.9. The van der Waals surface area contributed by atoms with Gasteiger partial charge in [-0.1, -0.05) is 67.1 Å². The molecule has 0 aromatic heterocycles. The molecule has 4 amide bonds. The van der Waals surface area contributed by atoms with Crippen molar-refractivity contribution in [2.75, 3.05) is 13.1 Å². The van der Waals surface area contributed by atoms with Crippen LogP contribution in [0.4, 0.5) is 0 Å². The molecule has 2 rings (SSSR count). The van der Waals surface area contributed by atoms with E-state index in [4.69, 9.17) is 17.2 Å². The first-order chi connectivity index (χ1) is 23.9. The van der Waals surface area contributed by atoms with Gasteiger partial charge in [-0.25, -0.2) is 4.79 Å². The number of carboxylic acid groups (broad SMARTS) is 2. The SMILES string of the molecule is NCCCC[C@H](NC(=O)[C@H](Cc1ccccc1)NC(=O)[C@H](CCC(=O)O)NC(=O)[C@H](Cc1ccccc1)NC(=O)[C@@H](N)CCCCN)C(=O)O. The van der Waals surface area contributed by atoms with Crippen LogP contribution < -0.4 is 38.5 Å². The summed E-state index contributed by atoms with van der Waals surface area (Å²) in [6.45, 7) is 0.796. The molecule has 0 spiro atoms. The van der Waals surface area contributed by atoms with E-state index in [0.29, 0.717) is 56.3 Å². The van der Waals surface area contributed by atoms with Crippen molar-refractivity contribution in [3.8, 4) is 0 Å². The number of benzene rings is 2. The van der Waals surface area contributed by atoms with Crippen LogP contribution >= 0.6 is 0 Å². The Morgan fingerprint density at radius 2 is 0.960 bits per heavy atom. The van der Waals surface area contributed by atoms with Crippen LogP contribution in [0.15, 0.2) is 60.7 Å². The minimum Gasteiger partial charge on any atom is -0.481 e. The first-order valence-corrected chi connectivity index (χ1v) is 16.8. The van der Waals surface area contributed by atoms with Gasteiger partial charge in [-0.2, -0.15) is 0 Å². The van der Waals surface area contributed by atoms with Crippen molar-refractivity contribution in [3.63, 3.8) is 0 Å². The molecule has 50 heavy (non-hydrogen) atoms. The number of nitrogens with two attached hydrogens (primary N) is 3. The topological polar surface area (TPSA) is 269 Å². The lowest BCUT2D eigenvalue weighted by Gasteiger charge is -2.26. The van der Waals surface area contributed by atoms with Crippen LogP contribution in [-0.4, -0.2) is 89.1 Å². The molecule has 5 atom stereocenters. The van der Waals surface area contributed by atoms with Crippen molar-refractivity contribution in [2.45, 2.75) is 94.4 Å². The zero-order valence-corrected chi connectivity index (χ0v) is 28.2. The van der Waals surface area contributed by atoms with E-state index in [-0.39, 0.29) is 25.7 Å². The van der Waals surface area contributed by atoms with Gasteiger partial charge in [0.25, 0.3) is 0 Å². The van der Waals surface area contributed by atoms with Gasteiger partial charge in [0.15, 0.2) is 0 Å². The molecule has 15 heteroatoms. The third kappa shape index (κ3) is 15.6. The van der Waals surface area contributed by atoms with E-state index in [0.717, 1.165) is 0 Å². The number of hydrogen-bond donors (Lipinski definition) is 9. The first-order valence-electron chi connectivity index (χ1n) is 16.8. The molecular formula is C35H51N7O8. The molecule has 0 fully saturated rings. The van der Waals surface area contributed by atoms with Crippen LogP contribution in [0.3, 0.4) is 0 Å². The Morgan fingerprint density at radius 3 is 1.42 bits per heavy atom. The molecule has 12 N–H and O–H groups in total. The Bertz CT molecular complexity index is 1380. The van der Waals surface area contributed by atoms with Gasteiger partial charge in [-0.15, -0.1) is 0 Å². The third-order valence-electron chi connectivity index (χ3n) is 7.98. The highest BCUT2D eigenvalue weighted by atomic mass is 16.4. The van der Waals surface area contributed by atoms with Gasteiger partial charge in [-0.05, 0) is 62.7 Å². The molecule has 0 aliphatic carbocycles. The number of carbonyl (C=O) groups is 6. The largest absolute Gasteiger partial charge is 0.481 e. The van der Waals surface area contributed by atoms with Crippen molar-refractivity contribution < 1.29 is 39.0 Å². The summed E-state index contributed by atoms with van der Waals surface area (Å²) in [5.41, 5.74) is 18.5. The van der Waals surface area contributed by atoms with E-state index >= 15 is 0 Å². The van der Waals surface area contributed by atoms with Crippen molar-refractivity contribution in [2.24, 2.45) is 17.2 Å². The Hall–Kier alpha value is -4.86.